The number of esters is 1. The molecule has 5 nitrogen and oxygen atoms in total. The van der Waals surface area contributed by atoms with E-state index in [1.54, 1.807) is 0 Å². The first kappa shape index (κ1) is 11.7. The van der Waals surface area contributed by atoms with Crippen molar-refractivity contribution < 1.29 is 19.0 Å². The van der Waals surface area contributed by atoms with E-state index >= 15 is 0 Å². The zero-order chi connectivity index (χ0) is 12.3. The molecular weight excluding hydrogens is 222 g/mol. The normalized spacial score (nSPS) is 14.5. The summed E-state index contributed by atoms with van der Waals surface area (Å²) < 4.78 is 15.2. The van der Waals surface area contributed by atoms with E-state index in [-0.39, 0.29) is 25.2 Å². The maximum absolute atomic E-state index is 11.4. The van der Waals surface area contributed by atoms with Crippen LogP contribution in [0.5, 0.6) is 11.5 Å². The molecular formula is C12H15NO4. The van der Waals surface area contributed by atoms with Crippen LogP contribution in [0.3, 0.4) is 0 Å². The Morgan fingerprint density at radius 2 is 2.24 bits per heavy atom. The van der Waals surface area contributed by atoms with Gasteiger partial charge in [0.2, 0.25) is 6.79 Å². The summed E-state index contributed by atoms with van der Waals surface area (Å²) in [7, 11) is 1.37. The number of rotatable bonds is 4. The van der Waals surface area contributed by atoms with Crippen molar-refractivity contribution in [1.82, 2.24) is 0 Å². The molecule has 1 aromatic carbocycles. The number of hydrogen-bond acceptors (Lipinski definition) is 5. The molecule has 0 saturated heterocycles. The number of methoxy groups -OCH3 is 1. The van der Waals surface area contributed by atoms with E-state index in [0.717, 1.165) is 11.3 Å². The molecule has 5 heteroatoms. The van der Waals surface area contributed by atoms with Crippen LogP contribution in [0.15, 0.2) is 18.2 Å². The van der Waals surface area contributed by atoms with E-state index in [0.29, 0.717) is 12.2 Å². The molecule has 1 heterocycles. The first-order chi connectivity index (χ1) is 8.24. The summed E-state index contributed by atoms with van der Waals surface area (Å²) in [4.78, 5) is 11.4. The van der Waals surface area contributed by atoms with E-state index in [1.165, 1.54) is 7.11 Å². The third kappa shape index (κ3) is 2.50. The zero-order valence-electron chi connectivity index (χ0n) is 9.64. The summed E-state index contributed by atoms with van der Waals surface area (Å²) in [5.41, 5.74) is 6.53. The van der Waals surface area contributed by atoms with E-state index < -0.39 is 0 Å². The molecule has 17 heavy (non-hydrogen) atoms. The third-order valence-electron chi connectivity index (χ3n) is 2.74. The lowest BCUT2D eigenvalue weighted by atomic mass is 9.99. The SMILES string of the molecule is COC(=O)C(CN)Cc1ccc2c(c1)OCO2. The second kappa shape index (κ2) is 5.05. The van der Waals surface area contributed by atoms with Gasteiger partial charge in [-0.1, -0.05) is 6.07 Å². The van der Waals surface area contributed by atoms with E-state index in [2.05, 4.69) is 0 Å². The van der Waals surface area contributed by atoms with Crippen LogP contribution in [0.2, 0.25) is 0 Å². The molecule has 0 amide bonds. The highest BCUT2D eigenvalue weighted by Gasteiger charge is 2.20. The minimum atomic E-state index is -0.319. The van der Waals surface area contributed by atoms with Crippen LogP contribution < -0.4 is 15.2 Å². The lowest BCUT2D eigenvalue weighted by Gasteiger charge is -2.12. The van der Waals surface area contributed by atoms with Crippen molar-refractivity contribution in [2.24, 2.45) is 11.7 Å². The fourth-order valence-corrected chi connectivity index (χ4v) is 1.78. The van der Waals surface area contributed by atoms with Gasteiger partial charge in [-0.25, -0.2) is 0 Å². The van der Waals surface area contributed by atoms with Crippen molar-refractivity contribution in [3.8, 4) is 11.5 Å². The Morgan fingerprint density at radius 3 is 2.94 bits per heavy atom. The number of ether oxygens (including phenoxy) is 3. The predicted molar refractivity (Wildman–Crippen MR) is 60.8 cm³/mol. The monoisotopic (exact) mass is 237 g/mol. The van der Waals surface area contributed by atoms with Crippen molar-refractivity contribution >= 4 is 5.97 Å². The van der Waals surface area contributed by atoms with Crippen molar-refractivity contribution in [3.63, 3.8) is 0 Å². The van der Waals surface area contributed by atoms with Crippen LogP contribution in [-0.2, 0) is 16.0 Å². The molecule has 1 atom stereocenters. The van der Waals surface area contributed by atoms with Gasteiger partial charge < -0.3 is 19.9 Å². The standard InChI is InChI=1S/C12H15NO4/c1-15-12(14)9(6-13)4-8-2-3-10-11(5-8)17-7-16-10/h2-3,5,9H,4,6-7,13H2,1H3. The van der Waals surface area contributed by atoms with Gasteiger partial charge in [0.15, 0.2) is 11.5 Å². The van der Waals surface area contributed by atoms with Crippen LogP contribution in [0.1, 0.15) is 5.56 Å². The van der Waals surface area contributed by atoms with Crippen LogP contribution in [0.4, 0.5) is 0 Å². The minimum absolute atomic E-state index is 0.246. The van der Waals surface area contributed by atoms with Gasteiger partial charge in [-0.2, -0.15) is 0 Å². The Hall–Kier alpha value is -1.75. The van der Waals surface area contributed by atoms with Gasteiger partial charge in [-0.05, 0) is 24.1 Å². The molecule has 1 aromatic rings. The van der Waals surface area contributed by atoms with Gasteiger partial charge in [0.1, 0.15) is 0 Å². The Balaban J connectivity index is 2.10. The Kier molecular flexibility index (Phi) is 3.49. The highest BCUT2D eigenvalue weighted by atomic mass is 16.7. The van der Waals surface area contributed by atoms with Crippen molar-refractivity contribution in [2.75, 3.05) is 20.4 Å². The number of carbonyl (C=O) groups excluding carboxylic acids is 1. The van der Waals surface area contributed by atoms with Crippen LogP contribution in [0.25, 0.3) is 0 Å². The number of benzene rings is 1. The number of hydrogen-bond donors (Lipinski definition) is 1. The van der Waals surface area contributed by atoms with Crippen LogP contribution in [-0.4, -0.2) is 26.4 Å². The van der Waals surface area contributed by atoms with Gasteiger partial charge in [-0.3, -0.25) is 4.79 Å². The third-order valence-corrected chi connectivity index (χ3v) is 2.74. The Labute approximate surface area is 99.5 Å². The molecule has 2 rings (SSSR count). The molecule has 1 aliphatic heterocycles. The number of nitrogens with two attached hydrogens (primary N) is 1. The quantitative estimate of drug-likeness (QED) is 0.781. The highest BCUT2D eigenvalue weighted by molar-refractivity contribution is 5.73. The van der Waals surface area contributed by atoms with Crippen molar-refractivity contribution in [3.05, 3.63) is 23.8 Å². The summed E-state index contributed by atoms with van der Waals surface area (Å²) in [6.45, 7) is 0.511. The van der Waals surface area contributed by atoms with Crippen molar-refractivity contribution in [1.29, 1.82) is 0 Å². The first-order valence-corrected chi connectivity index (χ1v) is 5.41. The van der Waals surface area contributed by atoms with E-state index in [1.807, 2.05) is 18.2 Å². The molecule has 0 fully saturated rings. The fourth-order valence-electron chi connectivity index (χ4n) is 1.78. The van der Waals surface area contributed by atoms with Gasteiger partial charge >= 0.3 is 5.97 Å². The summed E-state index contributed by atoms with van der Waals surface area (Å²) >= 11 is 0. The summed E-state index contributed by atoms with van der Waals surface area (Å²) in [5, 5.41) is 0. The predicted octanol–water partition coefficient (Wildman–Crippen LogP) is 0.706. The lowest BCUT2D eigenvalue weighted by Crippen LogP contribution is -2.26. The smallest absolute Gasteiger partial charge is 0.310 e. The molecule has 1 aliphatic rings. The molecule has 0 saturated carbocycles. The fraction of sp³-hybridized carbons (Fsp3) is 0.417. The topological polar surface area (TPSA) is 70.8 Å². The largest absolute Gasteiger partial charge is 0.469 e. The molecule has 0 radical (unpaired) electrons. The molecule has 2 N–H and O–H groups in total. The average Bonchev–Trinajstić information content (AvgIpc) is 2.82. The van der Waals surface area contributed by atoms with Crippen molar-refractivity contribution in [2.45, 2.75) is 6.42 Å². The maximum atomic E-state index is 11.4. The van der Waals surface area contributed by atoms with E-state index in [4.69, 9.17) is 19.9 Å². The molecule has 0 aromatic heterocycles. The van der Waals surface area contributed by atoms with Gasteiger partial charge in [0, 0.05) is 6.54 Å². The summed E-state index contributed by atoms with van der Waals surface area (Å²) in [5.74, 6) is 0.838. The van der Waals surface area contributed by atoms with Crippen LogP contribution >= 0.6 is 0 Å². The molecule has 0 bridgehead atoms. The first-order valence-electron chi connectivity index (χ1n) is 5.41. The Bertz CT molecular complexity index is 419. The van der Waals surface area contributed by atoms with Gasteiger partial charge in [0.25, 0.3) is 0 Å². The second-order valence-corrected chi connectivity index (χ2v) is 3.85. The molecule has 92 valence electrons. The molecule has 1 unspecified atom stereocenters. The summed E-state index contributed by atoms with van der Waals surface area (Å²) in [6, 6.07) is 5.61. The van der Waals surface area contributed by atoms with E-state index in [9.17, 15) is 4.79 Å². The van der Waals surface area contributed by atoms with Crippen LogP contribution in [0, 0.1) is 5.92 Å². The molecule has 0 aliphatic carbocycles. The minimum Gasteiger partial charge on any atom is -0.469 e. The average molecular weight is 237 g/mol. The lowest BCUT2D eigenvalue weighted by molar-refractivity contribution is -0.145. The zero-order valence-corrected chi connectivity index (χ0v) is 9.64. The maximum Gasteiger partial charge on any atom is 0.310 e. The summed E-state index contributed by atoms with van der Waals surface area (Å²) in [6.07, 6.45) is 0.541. The van der Waals surface area contributed by atoms with Gasteiger partial charge in [-0.15, -0.1) is 0 Å². The molecule has 0 spiro atoms. The number of carbonyl (C=O) groups is 1. The second-order valence-electron chi connectivity index (χ2n) is 3.85. The highest BCUT2D eigenvalue weighted by Crippen LogP contribution is 2.33. The Morgan fingerprint density at radius 1 is 1.47 bits per heavy atom. The number of fused-ring (bicyclic) bond motifs is 1. The van der Waals surface area contributed by atoms with Gasteiger partial charge in [0.05, 0.1) is 13.0 Å².